The van der Waals surface area contributed by atoms with Crippen molar-refractivity contribution >= 4 is 42.4 Å². The van der Waals surface area contributed by atoms with Crippen LogP contribution in [0.4, 0.5) is 10.8 Å². The van der Waals surface area contributed by atoms with E-state index < -0.39 is 10.0 Å². The number of nitrogens with one attached hydrogen (secondary N) is 1. The van der Waals surface area contributed by atoms with Crippen LogP contribution in [0.15, 0.2) is 47.4 Å². The molecule has 0 spiro atoms. The molecule has 1 aliphatic heterocycles. The molecule has 0 saturated carbocycles. The summed E-state index contributed by atoms with van der Waals surface area (Å²) in [4.78, 5) is 7.10. The van der Waals surface area contributed by atoms with Gasteiger partial charge in [-0.25, -0.2) is 13.4 Å². The summed E-state index contributed by atoms with van der Waals surface area (Å²) in [7, 11) is -3.61. The maximum atomic E-state index is 12.6. The lowest BCUT2D eigenvalue weighted by atomic mass is 10.2. The SMILES string of the molecule is Cc1ccc(S(=O)(=O)Nc2ccc3nc(N4CCOCC4)sc3c2)cc1. The molecule has 6 nitrogen and oxygen atoms in total. The minimum absolute atomic E-state index is 0.251. The maximum Gasteiger partial charge on any atom is 0.261 e. The molecule has 1 saturated heterocycles. The monoisotopic (exact) mass is 389 g/mol. The average molecular weight is 390 g/mol. The van der Waals surface area contributed by atoms with Crippen LogP contribution in [0.2, 0.25) is 0 Å². The van der Waals surface area contributed by atoms with E-state index in [2.05, 4.69) is 14.6 Å². The summed E-state index contributed by atoms with van der Waals surface area (Å²) in [5.74, 6) is 0. The summed E-state index contributed by atoms with van der Waals surface area (Å²) in [6, 6.07) is 12.2. The number of nitrogens with zero attached hydrogens (tertiary/aromatic N) is 2. The van der Waals surface area contributed by atoms with E-state index in [-0.39, 0.29) is 4.90 Å². The van der Waals surface area contributed by atoms with Crippen LogP contribution < -0.4 is 9.62 Å². The van der Waals surface area contributed by atoms with Gasteiger partial charge < -0.3 is 9.64 Å². The molecule has 0 aliphatic carbocycles. The highest BCUT2D eigenvalue weighted by Crippen LogP contribution is 2.31. The average Bonchev–Trinajstić information content (AvgIpc) is 3.06. The van der Waals surface area contributed by atoms with E-state index in [1.165, 1.54) is 0 Å². The van der Waals surface area contributed by atoms with Gasteiger partial charge in [0.2, 0.25) is 0 Å². The molecule has 1 N–H and O–H groups in total. The van der Waals surface area contributed by atoms with Crippen molar-refractivity contribution in [1.29, 1.82) is 0 Å². The number of sulfonamides is 1. The third kappa shape index (κ3) is 3.53. The lowest BCUT2D eigenvalue weighted by Gasteiger charge is -2.25. The molecular weight excluding hydrogens is 370 g/mol. The Hall–Kier alpha value is -2.16. The van der Waals surface area contributed by atoms with Crippen LogP contribution >= 0.6 is 11.3 Å². The third-order valence-electron chi connectivity index (χ3n) is 4.24. The first-order valence-corrected chi connectivity index (χ1v) is 10.6. The van der Waals surface area contributed by atoms with E-state index in [4.69, 9.17) is 4.74 Å². The molecule has 26 heavy (non-hydrogen) atoms. The molecule has 1 aliphatic rings. The lowest BCUT2D eigenvalue weighted by molar-refractivity contribution is 0.122. The fourth-order valence-electron chi connectivity index (χ4n) is 2.80. The highest BCUT2D eigenvalue weighted by atomic mass is 32.2. The van der Waals surface area contributed by atoms with Crippen LogP contribution in [-0.4, -0.2) is 39.7 Å². The Balaban J connectivity index is 1.59. The topological polar surface area (TPSA) is 71.5 Å². The van der Waals surface area contributed by atoms with Gasteiger partial charge in [-0.15, -0.1) is 0 Å². The number of rotatable bonds is 4. The minimum Gasteiger partial charge on any atom is -0.378 e. The zero-order chi connectivity index (χ0) is 18.1. The van der Waals surface area contributed by atoms with Crippen LogP contribution in [0.1, 0.15) is 5.56 Å². The summed E-state index contributed by atoms with van der Waals surface area (Å²) >= 11 is 1.57. The van der Waals surface area contributed by atoms with Crippen molar-refractivity contribution in [3.05, 3.63) is 48.0 Å². The number of hydrogen-bond acceptors (Lipinski definition) is 6. The Bertz CT molecular complexity index is 1020. The van der Waals surface area contributed by atoms with E-state index in [0.717, 1.165) is 34.0 Å². The molecule has 0 unspecified atom stereocenters. The van der Waals surface area contributed by atoms with Crippen molar-refractivity contribution in [2.24, 2.45) is 0 Å². The molecule has 2 heterocycles. The molecule has 0 radical (unpaired) electrons. The quantitative estimate of drug-likeness (QED) is 0.742. The Morgan fingerprint density at radius 3 is 2.58 bits per heavy atom. The Labute approximate surface area is 156 Å². The van der Waals surface area contributed by atoms with Crippen molar-refractivity contribution in [3.8, 4) is 0 Å². The Morgan fingerprint density at radius 2 is 1.85 bits per heavy atom. The molecule has 2 aromatic carbocycles. The Morgan fingerprint density at radius 1 is 1.12 bits per heavy atom. The van der Waals surface area contributed by atoms with Crippen molar-refractivity contribution in [2.75, 3.05) is 35.9 Å². The molecule has 1 fully saturated rings. The van der Waals surface area contributed by atoms with Crippen molar-refractivity contribution in [3.63, 3.8) is 0 Å². The van der Waals surface area contributed by atoms with E-state index in [1.54, 1.807) is 41.7 Å². The fraction of sp³-hybridized carbons (Fsp3) is 0.278. The number of fused-ring (bicyclic) bond motifs is 1. The van der Waals surface area contributed by atoms with E-state index in [1.807, 2.05) is 19.1 Å². The van der Waals surface area contributed by atoms with Gasteiger partial charge >= 0.3 is 0 Å². The first-order chi connectivity index (χ1) is 12.5. The van der Waals surface area contributed by atoms with Crippen LogP contribution in [0.5, 0.6) is 0 Å². The number of morpholine rings is 1. The fourth-order valence-corrected chi connectivity index (χ4v) is 4.90. The number of aryl methyl sites for hydroxylation is 1. The second-order valence-corrected chi connectivity index (χ2v) is 8.89. The molecular formula is C18H19N3O3S2. The van der Waals surface area contributed by atoms with Gasteiger partial charge in [-0.2, -0.15) is 0 Å². The third-order valence-corrected chi connectivity index (χ3v) is 6.72. The van der Waals surface area contributed by atoms with Crippen LogP contribution in [0.25, 0.3) is 10.2 Å². The highest BCUT2D eigenvalue weighted by molar-refractivity contribution is 7.92. The number of hydrogen-bond donors (Lipinski definition) is 1. The summed E-state index contributed by atoms with van der Waals surface area (Å²) in [6.45, 7) is 4.99. The lowest BCUT2D eigenvalue weighted by Crippen LogP contribution is -2.36. The maximum absolute atomic E-state index is 12.6. The van der Waals surface area contributed by atoms with Gasteiger partial charge in [-0.3, -0.25) is 4.72 Å². The minimum atomic E-state index is -3.61. The second-order valence-electron chi connectivity index (χ2n) is 6.20. The smallest absolute Gasteiger partial charge is 0.261 e. The molecule has 136 valence electrons. The van der Waals surface area contributed by atoms with Crippen molar-refractivity contribution in [2.45, 2.75) is 11.8 Å². The van der Waals surface area contributed by atoms with Crippen molar-refractivity contribution < 1.29 is 13.2 Å². The normalized spacial score (nSPS) is 15.3. The van der Waals surface area contributed by atoms with E-state index in [0.29, 0.717) is 18.9 Å². The van der Waals surface area contributed by atoms with Gasteiger partial charge in [-0.05, 0) is 37.3 Å². The molecule has 3 aromatic rings. The molecule has 0 amide bonds. The van der Waals surface area contributed by atoms with Crippen LogP contribution in [0.3, 0.4) is 0 Å². The first-order valence-electron chi connectivity index (χ1n) is 8.34. The summed E-state index contributed by atoms with van der Waals surface area (Å²) in [5.41, 5.74) is 2.43. The summed E-state index contributed by atoms with van der Waals surface area (Å²) in [5, 5.41) is 0.946. The van der Waals surface area contributed by atoms with Crippen LogP contribution in [-0.2, 0) is 14.8 Å². The van der Waals surface area contributed by atoms with E-state index >= 15 is 0 Å². The van der Waals surface area contributed by atoms with Crippen molar-refractivity contribution in [1.82, 2.24) is 4.98 Å². The van der Waals surface area contributed by atoms with Crippen LogP contribution in [0, 0.1) is 6.92 Å². The highest BCUT2D eigenvalue weighted by Gasteiger charge is 2.17. The second kappa shape index (κ2) is 6.86. The number of anilines is 2. The summed E-state index contributed by atoms with van der Waals surface area (Å²) < 4.78 is 34.1. The standard InChI is InChI=1S/C18H19N3O3S2/c1-13-2-5-15(6-3-13)26(22,23)20-14-4-7-16-17(12-14)25-18(19-16)21-8-10-24-11-9-21/h2-7,12,20H,8-11H2,1H3. The molecule has 0 atom stereocenters. The van der Waals surface area contributed by atoms with Gasteiger partial charge in [0.05, 0.1) is 34.0 Å². The van der Waals surface area contributed by atoms with Gasteiger partial charge in [-0.1, -0.05) is 29.0 Å². The predicted molar refractivity (Wildman–Crippen MR) is 105 cm³/mol. The zero-order valence-corrected chi connectivity index (χ0v) is 15.9. The molecule has 4 rings (SSSR count). The predicted octanol–water partition coefficient (Wildman–Crippen LogP) is 3.24. The number of benzene rings is 2. The van der Waals surface area contributed by atoms with Gasteiger partial charge in [0.1, 0.15) is 0 Å². The molecule has 0 bridgehead atoms. The molecule has 1 aromatic heterocycles. The first kappa shape index (κ1) is 17.3. The number of ether oxygens (including phenoxy) is 1. The number of aromatic nitrogens is 1. The Kier molecular flexibility index (Phi) is 4.56. The summed E-state index contributed by atoms with van der Waals surface area (Å²) in [6.07, 6.45) is 0. The van der Waals surface area contributed by atoms with Gasteiger partial charge in [0, 0.05) is 13.1 Å². The van der Waals surface area contributed by atoms with Gasteiger partial charge in [0.15, 0.2) is 5.13 Å². The largest absolute Gasteiger partial charge is 0.378 e. The van der Waals surface area contributed by atoms with Gasteiger partial charge in [0.25, 0.3) is 10.0 Å². The van der Waals surface area contributed by atoms with E-state index in [9.17, 15) is 8.42 Å². The zero-order valence-electron chi connectivity index (χ0n) is 14.3. The molecule has 8 heteroatoms. The number of thiazole rings is 1.